The Balaban J connectivity index is 2.56. The maximum Gasteiger partial charge on any atom is 0.147 e. The van der Waals surface area contributed by atoms with Crippen LogP contribution in [0.1, 0.15) is 6.92 Å². The molecular formula is C11H17Cl2N3O2. The quantitative estimate of drug-likeness (QED) is 0.642. The van der Waals surface area contributed by atoms with Gasteiger partial charge in [0.05, 0.1) is 29.9 Å². The van der Waals surface area contributed by atoms with E-state index in [1.165, 1.54) is 0 Å². The van der Waals surface area contributed by atoms with Crippen LogP contribution < -0.4 is 10.6 Å². The number of hydrogen-bond donors (Lipinski definition) is 3. The first-order valence-electron chi connectivity index (χ1n) is 5.71. The summed E-state index contributed by atoms with van der Waals surface area (Å²) in [6.45, 7) is 4.06. The van der Waals surface area contributed by atoms with E-state index in [0.717, 1.165) is 6.54 Å². The summed E-state index contributed by atoms with van der Waals surface area (Å²) in [5.74, 6) is 1.16. The standard InChI is InChI=1S/C11H17Cl2N3O2/c1-2-14-10-8(12)7-9(13)11(16-10)15-3-5-18-6-4-17/h7,17H,2-6H2,1H3,(H2,14,15,16). The average Bonchev–Trinajstić information content (AvgIpc) is 2.34. The SMILES string of the molecule is CCNc1nc(NCCOCCO)c(Cl)cc1Cl. The fourth-order valence-electron chi connectivity index (χ4n) is 1.29. The number of aliphatic hydroxyl groups excluding tert-OH is 1. The number of aromatic nitrogens is 1. The van der Waals surface area contributed by atoms with Crippen molar-refractivity contribution in [2.24, 2.45) is 0 Å². The Bertz CT molecular complexity index is 378. The van der Waals surface area contributed by atoms with Gasteiger partial charge in [0, 0.05) is 13.1 Å². The summed E-state index contributed by atoms with van der Waals surface area (Å²) in [6.07, 6.45) is 0. The van der Waals surface area contributed by atoms with Gasteiger partial charge in [0.2, 0.25) is 0 Å². The van der Waals surface area contributed by atoms with Gasteiger partial charge in [0.25, 0.3) is 0 Å². The van der Waals surface area contributed by atoms with Gasteiger partial charge in [0.15, 0.2) is 0 Å². The molecule has 0 fully saturated rings. The Hall–Kier alpha value is -0.750. The van der Waals surface area contributed by atoms with Crippen molar-refractivity contribution >= 4 is 34.8 Å². The first-order chi connectivity index (χ1) is 8.69. The van der Waals surface area contributed by atoms with Crippen LogP contribution >= 0.6 is 23.2 Å². The number of ether oxygens (including phenoxy) is 1. The van der Waals surface area contributed by atoms with E-state index in [4.69, 9.17) is 33.0 Å². The molecule has 0 bridgehead atoms. The lowest BCUT2D eigenvalue weighted by Gasteiger charge is -2.11. The Morgan fingerprint density at radius 3 is 2.50 bits per heavy atom. The van der Waals surface area contributed by atoms with Crippen molar-refractivity contribution in [3.63, 3.8) is 0 Å². The molecule has 5 nitrogen and oxygen atoms in total. The monoisotopic (exact) mass is 293 g/mol. The van der Waals surface area contributed by atoms with Gasteiger partial charge in [-0.25, -0.2) is 4.98 Å². The summed E-state index contributed by atoms with van der Waals surface area (Å²) in [5.41, 5.74) is 0. The molecule has 0 spiro atoms. The zero-order valence-electron chi connectivity index (χ0n) is 10.2. The highest BCUT2D eigenvalue weighted by atomic mass is 35.5. The van der Waals surface area contributed by atoms with Crippen molar-refractivity contribution in [3.05, 3.63) is 16.1 Å². The molecule has 1 rings (SSSR count). The van der Waals surface area contributed by atoms with Crippen LogP contribution in [0.3, 0.4) is 0 Å². The molecule has 0 radical (unpaired) electrons. The molecule has 0 saturated heterocycles. The van der Waals surface area contributed by atoms with Gasteiger partial charge in [0.1, 0.15) is 11.6 Å². The molecule has 1 aromatic heterocycles. The van der Waals surface area contributed by atoms with E-state index >= 15 is 0 Å². The minimum absolute atomic E-state index is 0.0184. The molecule has 0 aromatic carbocycles. The number of halogens is 2. The number of rotatable bonds is 8. The molecular weight excluding hydrogens is 277 g/mol. The number of pyridine rings is 1. The van der Waals surface area contributed by atoms with Crippen LogP contribution in [0.5, 0.6) is 0 Å². The Labute approximate surface area is 116 Å². The molecule has 102 valence electrons. The van der Waals surface area contributed by atoms with Crippen LogP contribution in [0, 0.1) is 0 Å². The second-order valence-corrected chi connectivity index (χ2v) is 4.26. The maximum absolute atomic E-state index is 8.55. The van der Waals surface area contributed by atoms with Crippen LogP contribution in [-0.2, 0) is 4.74 Å². The van der Waals surface area contributed by atoms with E-state index in [-0.39, 0.29) is 6.61 Å². The molecule has 0 saturated carbocycles. The minimum Gasteiger partial charge on any atom is -0.394 e. The van der Waals surface area contributed by atoms with Gasteiger partial charge in [-0.3, -0.25) is 0 Å². The molecule has 0 aliphatic carbocycles. The molecule has 3 N–H and O–H groups in total. The normalized spacial score (nSPS) is 10.4. The number of hydrogen-bond acceptors (Lipinski definition) is 5. The third kappa shape index (κ3) is 4.86. The van der Waals surface area contributed by atoms with E-state index in [0.29, 0.717) is 41.4 Å². The fraction of sp³-hybridized carbons (Fsp3) is 0.545. The van der Waals surface area contributed by atoms with E-state index in [1.54, 1.807) is 6.07 Å². The lowest BCUT2D eigenvalue weighted by Crippen LogP contribution is -2.13. The Kier molecular flexibility index (Phi) is 7.12. The second kappa shape index (κ2) is 8.37. The Morgan fingerprint density at radius 2 is 1.89 bits per heavy atom. The van der Waals surface area contributed by atoms with Gasteiger partial charge < -0.3 is 20.5 Å². The van der Waals surface area contributed by atoms with Crippen LogP contribution in [0.4, 0.5) is 11.6 Å². The van der Waals surface area contributed by atoms with Gasteiger partial charge in [-0.05, 0) is 13.0 Å². The van der Waals surface area contributed by atoms with Crippen molar-refractivity contribution in [3.8, 4) is 0 Å². The average molecular weight is 294 g/mol. The third-order valence-corrected chi connectivity index (χ3v) is 2.62. The number of nitrogens with zero attached hydrogens (tertiary/aromatic N) is 1. The van der Waals surface area contributed by atoms with Gasteiger partial charge >= 0.3 is 0 Å². The van der Waals surface area contributed by atoms with Crippen LogP contribution in [0.2, 0.25) is 10.0 Å². The van der Waals surface area contributed by atoms with Gasteiger partial charge in [-0.2, -0.15) is 0 Å². The predicted octanol–water partition coefficient (Wildman–Crippen LogP) is 2.24. The largest absolute Gasteiger partial charge is 0.394 e. The zero-order valence-corrected chi connectivity index (χ0v) is 11.7. The molecule has 18 heavy (non-hydrogen) atoms. The van der Waals surface area contributed by atoms with E-state index in [9.17, 15) is 0 Å². The summed E-state index contributed by atoms with van der Waals surface area (Å²) < 4.78 is 5.12. The topological polar surface area (TPSA) is 66.4 Å². The van der Waals surface area contributed by atoms with E-state index < -0.39 is 0 Å². The number of aliphatic hydroxyl groups is 1. The summed E-state index contributed by atoms with van der Waals surface area (Å²) in [7, 11) is 0. The second-order valence-electron chi connectivity index (χ2n) is 3.44. The zero-order chi connectivity index (χ0) is 13.4. The maximum atomic E-state index is 8.55. The lowest BCUT2D eigenvalue weighted by molar-refractivity contribution is 0.0992. The molecule has 1 aromatic rings. The lowest BCUT2D eigenvalue weighted by atomic mass is 10.4. The first-order valence-corrected chi connectivity index (χ1v) is 6.47. The first kappa shape index (κ1) is 15.3. The van der Waals surface area contributed by atoms with Crippen molar-refractivity contribution in [2.75, 3.05) is 43.5 Å². The van der Waals surface area contributed by atoms with Crippen molar-refractivity contribution < 1.29 is 9.84 Å². The number of anilines is 2. The predicted molar refractivity (Wildman–Crippen MR) is 74.8 cm³/mol. The van der Waals surface area contributed by atoms with Gasteiger partial charge in [-0.15, -0.1) is 0 Å². The molecule has 7 heteroatoms. The fourth-order valence-corrected chi connectivity index (χ4v) is 1.78. The number of nitrogens with one attached hydrogen (secondary N) is 2. The molecule has 0 unspecified atom stereocenters. The van der Waals surface area contributed by atoms with Crippen molar-refractivity contribution in [1.29, 1.82) is 0 Å². The smallest absolute Gasteiger partial charge is 0.147 e. The highest BCUT2D eigenvalue weighted by Crippen LogP contribution is 2.28. The van der Waals surface area contributed by atoms with Crippen LogP contribution in [0.25, 0.3) is 0 Å². The molecule has 0 atom stereocenters. The summed E-state index contributed by atoms with van der Waals surface area (Å²) in [5, 5.41) is 15.6. The summed E-state index contributed by atoms with van der Waals surface area (Å²) in [6, 6.07) is 1.64. The van der Waals surface area contributed by atoms with Gasteiger partial charge in [-0.1, -0.05) is 23.2 Å². The minimum atomic E-state index is 0.0184. The Morgan fingerprint density at radius 1 is 1.22 bits per heavy atom. The molecule has 0 aliphatic heterocycles. The van der Waals surface area contributed by atoms with Crippen molar-refractivity contribution in [2.45, 2.75) is 6.92 Å². The van der Waals surface area contributed by atoms with Crippen LogP contribution in [-0.4, -0.2) is 43.0 Å². The van der Waals surface area contributed by atoms with Crippen molar-refractivity contribution in [1.82, 2.24) is 4.98 Å². The highest BCUT2D eigenvalue weighted by Gasteiger charge is 2.08. The molecule has 0 amide bonds. The molecule has 0 aliphatic rings. The van der Waals surface area contributed by atoms with E-state index in [2.05, 4.69) is 15.6 Å². The highest BCUT2D eigenvalue weighted by molar-refractivity contribution is 6.37. The summed E-state index contributed by atoms with van der Waals surface area (Å²) in [4.78, 5) is 4.29. The third-order valence-electron chi connectivity index (χ3n) is 2.05. The summed E-state index contributed by atoms with van der Waals surface area (Å²) >= 11 is 12.0. The van der Waals surface area contributed by atoms with Crippen LogP contribution in [0.15, 0.2) is 6.07 Å². The molecule has 1 heterocycles. The van der Waals surface area contributed by atoms with E-state index in [1.807, 2.05) is 6.92 Å².